The summed E-state index contributed by atoms with van der Waals surface area (Å²) in [5.74, 6) is -0.290. The summed E-state index contributed by atoms with van der Waals surface area (Å²) in [5, 5.41) is 0. The van der Waals surface area contributed by atoms with Gasteiger partial charge in [-0.25, -0.2) is 0 Å². The molecule has 0 heterocycles. The predicted octanol–water partition coefficient (Wildman–Crippen LogP) is 3.73. The van der Waals surface area contributed by atoms with Crippen LogP contribution < -0.4 is 0 Å². The van der Waals surface area contributed by atoms with E-state index in [0.29, 0.717) is 24.4 Å². The molecule has 1 aliphatic rings. The second-order valence-corrected chi connectivity index (χ2v) is 5.14. The van der Waals surface area contributed by atoms with Crippen molar-refractivity contribution in [3.63, 3.8) is 0 Å². The lowest BCUT2D eigenvalue weighted by molar-refractivity contribution is -0.158. The monoisotopic (exact) mass is 280 g/mol. The van der Waals surface area contributed by atoms with Gasteiger partial charge in [0, 0.05) is 0 Å². The van der Waals surface area contributed by atoms with E-state index in [2.05, 4.69) is 0 Å². The van der Waals surface area contributed by atoms with Gasteiger partial charge >= 0.3 is 11.9 Å². The standard InChI is InChI=1S/C16H24O4/c1-5-11(3)19-15(17)13-9-7-8-10-14(13)16(18)20-12(4)6-2/h5-6,13-14H,7-10H2,1-4H3. The summed E-state index contributed by atoms with van der Waals surface area (Å²) in [7, 11) is 0. The highest BCUT2D eigenvalue weighted by molar-refractivity contribution is 5.83. The van der Waals surface area contributed by atoms with Crippen LogP contribution in [0.5, 0.6) is 0 Å². The van der Waals surface area contributed by atoms with Crippen molar-refractivity contribution in [2.75, 3.05) is 0 Å². The molecule has 0 N–H and O–H groups in total. The maximum atomic E-state index is 12.2. The summed E-state index contributed by atoms with van der Waals surface area (Å²) in [6.45, 7) is 7.09. The average molecular weight is 280 g/mol. The smallest absolute Gasteiger partial charge is 0.314 e. The Kier molecular flexibility index (Phi) is 6.49. The number of hydrogen-bond acceptors (Lipinski definition) is 4. The molecule has 20 heavy (non-hydrogen) atoms. The quantitative estimate of drug-likeness (QED) is 0.581. The molecule has 4 nitrogen and oxygen atoms in total. The highest BCUT2D eigenvalue weighted by Gasteiger charge is 2.38. The molecule has 2 unspecified atom stereocenters. The zero-order valence-corrected chi connectivity index (χ0v) is 12.8. The SMILES string of the molecule is CC=C(C)OC(=O)C1CCCCC1C(=O)OC(C)=CC. The largest absolute Gasteiger partial charge is 0.432 e. The summed E-state index contributed by atoms with van der Waals surface area (Å²) < 4.78 is 10.5. The Morgan fingerprint density at radius 1 is 0.850 bits per heavy atom. The first-order valence-corrected chi connectivity index (χ1v) is 7.18. The van der Waals surface area contributed by atoms with Gasteiger partial charge in [-0.2, -0.15) is 0 Å². The number of allylic oxidation sites excluding steroid dienone is 4. The van der Waals surface area contributed by atoms with E-state index < -0.39 is 11.8 Å². The summed E-state index contributed by atoms with van der Waals surface area (Å²) >= 11 is 0. The second kappa shape index (κ2) is 7.88. The Balaban J connectivity index is 2.76. The summed E-state index contributed by atoms with van der Waals surface area (Å²) in [5.41, 5.74) is 0. The van der Waals surface area contributed by atoms with Crippen molar-refractivity contribution < 1.29 is 19.1 Å². The van der Waals surface area contributed by atoms with E-state index >= 15 is 0 Å². The van der Waals surface area contributed by atoms with Crippen LogP contribution in [0.3, 0.4) is 0 Å². The lowest BCUT2D eigenvalue weighted by Crippen LogP contribution is -2.34. The molecule has 0 aromatic heterocycles. The molecule has 0 radical (unpaired) electrons. The van der Waals surface area contributed by atoms with Gasteiger partial charge in [-0.05, 0) is 52.7 Å². The van der Waals surface area contributed by atoms with Crippen molar-refractivity contribution in [1.82, 2.24) is 0 Å². The van der Waals surface area contributed by atoms with Crippen LogP contribution in [0.1, 0.15) is 53.4 Å². The van der Waals surface area contributed by atoms with Gasteiger partial charge in [-0.3, -0.25) is 9.59 Å². The highest BCUT2D eigenvalue weighted by atomic mass is 16.5. The molecule has 2 atom stereocenters. The molecule has 0 saturated heterocycles. The number of hydrogen-bond donors (Lipinski definition) is 0. The van der Waals surface area contributed by atoms with Gasteiger partial charge in [0.1, 0.15) is 11.5 Å². The van der Waals surface area contributed by atoms with E-state index in [0.717, 1.165) is 12.8 Å². The lowest BCUT2D eigenvalue weighted by atomic mass is 9.79. The molecule has 0 amide bonds. The fourth-order valence-corrected chi connectivity index (χ4v) is 2.28. The van der Waals surface area contributed by atoms with Gasteiger partial charge < -0.3 is 9.47 Å². The van der Waals surface area contributed by atoms with Gasteiger partial charge in [0.2, 0.25) is 0 Å². The Bertz CT molecular complexity index is 380. The third-order valence-electron chi connectivity index (χ3n) is 3.71. The zero-order valence-electron chi connectivity index (χ0n) is 12.8. The van der Waals surface area contributed by atoms with E-state index in [4.69, 9.17) is 9.47 Å². The molecule has 0 spiro atoms. The number of carbonyl (C=O) groups excluding carboxylic acids is 2. The maximum Gasteiger partial charge on any atom is 0.314 e. The van der Waals surface area contributed by atoms with Gasteiger partial charge in [0.05, 0.1) is 11.8 Å². The maximum absolute atomic E-state index is 12.2. The third kappa shape index (κ3) is 4.51. The first kappa shape index (κ1) is 16.5. The molecular formula is C16H24O4. The number of carbonyl (C=O) groups is 2. The minimum absolute atomic E-state index is 0.319. The summed E-state index contributed by atoms with van der Waals surface area (Å²) in [6.07, 6.45) is 6.73. The Hall–Kier alpha value is -1.58. The predicted molar refractivity (Wildman–Crippen MR) is 76.5 cm³/mol. The zero-order chi connectivity index (χ0) is 15.1. The lowest BCUT2D eigenvalue weighted by Gasteiger charge is -2.28. The minimum atomic E-state index is -0.393. The van der Waals surface area contributed by atoms with Gasteiger partial charge in [0.25, 0.3) is 0 Å². The van der Waals surface area contributed by atoms with E-state index in [1.54, 1.807) is 26.0 Å². The van der Waals surface area contributed by atoms with Crippen molar-refractivity contribution in [2.45, 2.75) is 53.4 Å². The first-order valence-electron chi connectivity index (χ1n) is 7.18. The molecule has 1 aliphatic carbocycles. The fourth-order valence-electron chi connectivity index (χ4n) is 2.28. The third-order valence-corrected chi connectivity index (χ3v) is 3.71. The Morgan fingerprint density at radius 2 is 1.20 bits per heavy atom. The molecule has 0 bridgehead atoms. The van der Waals surface area contributed by atoms with Crippen molar-refractivity contribution in [1.29, 1.82) is 0 Å². The normalized spacial score (nSPS) is 24.2. The minimum Gasteiger partial charge on any atom is -0.432 e. The Labute approximate surface area is 120 Å². The number of rotatable bonds is 4. The van der Waals surface area contributed by atoms with Gasteiger partial charge in [0.15, 0.2) is 0 Å². The number of esters is 2. The van der Waals surface area contributed by atoms with Crippen molar-refractivity contribution in [3.05, 3.63) is 23.7 Å². The van der Waals surface area contributed by atoms with Crippen molar-refractivity contribution in [2.24, 2.45) is 11.8 Å². The molecule has 0 aliphatic heterocycles. The number of ether oxygens (including phenoxy) is 2. The van der Waals surface area contributed by atoms with Crippen LogP contribution in [-0.4, -0.2) is 11.9 Å². The van der Waals surface area contributed by atoms with Crippen molar-refractivity contribution >= 4 is 11.9 Å². The Morgan fingerprint density at radius 3 is 1.50 bits per heavy atom. The van der Waals surface area contributed by atoms with Crippen LogP contribution in [0.25, 0.3) is 0 Å². The van der Waals surface area contributed by atoms with Crippen LogP contribution >= 0.6 is 0 Å². The second-order valence-electron chi connectivity index (χ2n) is 5.14. The van der Waals surface area contributed by atoms with Gasteiger partial charge in [-0.1, -0.05) is 12.8 Å². The molecule has 1 rings (SSSR count). The van der Waals surface area contributed by atoms with Crippen LogP contribution in [0.15, 0.2) is 23.7 Å². The molecule has 4 heteroatoms. The van der Waals surface area contributed by atoms with E-state index in [-0.39, 0.29) is 11.9 Å². The highest BCUT2D eigenvalue weighted by Crippen LogP contribution is 2.33. The van der Waals surface area contributed by atoms with E-state index in [1.165, 1.54) is 0 Å². The summed E-state index contributed by atoms with van der Waals surface area (Å²) in [4.78, 5) is 24.3. The van der Waals surface area contributed by atoms with Crippen molar-refractivity contribution in [3.8, 4) is 0 Å². The van der Waals surface area contributed by atoms with Gasteiger partial charge in [-0.15, -0.1) is 0 Å². The van der Waals surface area contributed by atoms with Crippen LogP contribution in [0.4, 0.5) is 0 Å². The van der Waals surface area contributed by atoms with E-state index in [9.17, 15) is 9.59 Å². The fraction of sp³-hybridized carbons (Fsp3) is 0.625. The molecule has 1 fully saturated rings. The summed E-state index contributed by atoms with van der Waals surface area (Å²) in [6, 6.07) is 0. The van der Waals surface area contributed by atoms with Crippen LogP contribution in [0, 0.1) is 11.8 Å². The van der Waals surface area contributed by atoms with E-state index in [1.807, 2.05) is 13.8 Å². The molecule has 0 aromatic rings. The molecule has 112 valence electrons. The molecule has 0 aromatic carbocycles. The average Bonchev–Trinajstić information content (AvgIpc) is 2.46. The van der Waals surface area contributed by atoms with Crippen LogP contribution in [0.2, 0.25) is 0 Å². The topological polar surface area (TPSA) is 52.6 Å². The molecular weight excluding hydrogens is 256 g/mol. The molecule has 1 saturated carbocycles. The first-order chi connectivity index (χ1) is 9.49. The van der Waals surface area contributed by atoms with Crippen LogP contribution in [-0.2, 0) is 19.1 Å².